The van der Waals surface area contributed by atoms with E-state index < -0.39 is 0 Å². The van der Waals surface area contributed by atoms with Crippen molar-refractivity contribution in [2.75, 3.05) is 0 Å². The third-order valence-electron chi connectivity index (χ3n) is 3.39. The van der Waals surface area contributed by atoms with Gasteiger partial charge < -0.3 is 0 Å². The van der Waals surface area contributed by atoms with Crippen molar-refractivity contribution in [1.29, 1.82) is 0 Å². The fourth-order valence-electron chi connectivity index (χ4n) is 2.06. The minimum Gasteiger partial charge on any atom is -0.123 e. The number of benzene rings is 1. The smallest absolute Gasteiger partial charge is 0.0311 e. The second-order valence-electron chi connectivity index (χ2n) is 4.69. The van der Waals surface area contributed by atoms with Crippen molar-refractivity contribution in [3.8, 4) is 0 Å². The van der Waals surface area contributed by atoms with Crippen LogP contribution in [0.1, 0.15) is 49.7 Å². The van der Waals surface area contributed by atoms with E-state index in [2.05, 4.69) is 31.2 Å². The summed E-state index contributed by atoms with van der Waals surface area (Å²) in [5.74, 6) is 0.853. The van der Waals surface area contributed by atoms with Gasteiger partial charge in [-0.15, -0.1) is 11.6 Å². The minimum absolute atomic E-state index is 0.288. The van der Waals surface area contributed by atoms with Gasteiger partial charge in [-0.05, 0) is 49.7 Å². The molecule has 0 spiro atoms. The molecule has 1 aliphatic carbocycles. The largest absolute Gasteiger partial charge is 0.123 e. The molecule has 1 atom stereocenters. The van der Waals surface area contributed by atoms with Gasteiger partial charge in [0, 0.05) is 5.38 Å². The molecule has 0 N–H and O–H groups in total. The molecule has 1 aliphatic rings. The molecular formula is C14H19Cl. The lowest BCUT2D eigenvalue weighted by Crippen LogP contribution is -2.08. The van der Waals surface area contributed by atoms with Crippen molar-refractivity contribution in [1.82, 2.24) is 0 Å². The van der Waals surface area contributed by atoms with Gasteiger partial charge in [0.15, 0.2) is 0 Å². The van der Waals surface area contributed by atoms with E-state index >= 15 is 0 Å². The van der Waals surface area contributed by atoms with Crippen LogP contribution in [0.3, 0.4) is 0 Å². The first-order valence-electron chi connectivity index (χ1n) is 5.98. The summed E-state index contributed by atoms with van der Waals surface area (Å²) in [6.45, 7) is 2.06. The Hall–Kier alpha value is -0.490. The summed E-state index contributed by atoms with van der Waals surface area (Å²) in [5.41, 5.74) is 2.95. The van der Waals surface area contributed by atoms with Crippen LogP contribution in [0, 0.1) is 0 Å². The quantitative estimate of drug-likeness (QED) is 0.658. The fraction of sp³-hybridized carbons (Fsp3) is 0.571. The molecule has 0 heterocycles. The maximum Gasteiger partial charge on any atom is 0.0311 e. The molecule has 0 radical (unpaired) electrons. The van der Waals surface area contributed by atoms with Crippen LogP contribution in [0.15, 0.2) is 24.3 Å². The van der Waals surface area contributed by atoms with Crippen LogP contribution in [0.2, 0.25) is 0 Å². The van der Waals surface area contributed by atoms with E-state index in [1.807, 2.05) is 0 Å². The van der Waals surface area contributed by atoms with E-state index in [-0.39, 0.29) is 5.38 Å². The van der Waals surface area contributed by atoms with Crippen molar-refractivity contribution in [3.05, 3.63) is 35.4 Å². The van der Waals surface area contributed by atoms with Gasteiger partial charge in [-0.1, -0.05) is 30.7 Å². The summed E-state index contributed by atoms with van der Waals surface area (Å²) in [6, 6.07) is 9.15. The first-order chi connectivity index (χ1) is 7.25. The summed E-state index contributed by atoms with van der Waals surface area (Å²) in [7, 11) is 0. The lowest BCUT2D eigenvalue weighted by Gasteiger charge is -2.25. The Morgan fingerprint density at radius 3 is 2.40 bits per heavy atom. The highest BCUT2D eigenvalue weighted by Crippen LogP contribution is 2.36. The lowest BCUT2D eigenvalue weighted by molar-refractivity contribution is 0.419. The molecule has 82 valence electrons. The summed E-state index contributed by atoms with van der Waals surface area (Å²) < 4.78 is 0. The normalized spacial score (nSPS) is 18.5. The van der Waals surface area contributed by atoms with E-state index in [1.165, 1.54) is 30.4 Å². The van der Waals surface area contributed by atoms with E-state index in [9.17, 15) is 0 Å². The molecule has 0 aromatic heterocycles. The third kappa shape index (κ3) is 2.98. The van der Waals surface area contributed by atoms with Gasteiger partial charge >= 0.3 is 0 Å². The maximum atomic E-state index is 5.94. The van der Waals surface area contributed by atoms with Crippen LogP contribution in [-0.4, -0.2) is 5.38 Å². The van der Waals surface area contributed by atoms with Gasteiger partial charge in [-0.2, -0.15) is 0 Å². The van der Waals surface area contributed by atoms with Gasteiger partial charge in [0.05, 0.1) is 0 Å². The molecule has 1 aromatic rings. The van der Waals surface area contributed by atoms with Crippen LogP contribution in [0.25, 0.3) is 0 Å². The maximum absolute atomic E-state index is 5.94. The number of rotatable bonds is 4. The fourth-order valence-corrected chi connectivity index (χ4v) is 2.17. The highest BCUT2D eigenvalue weighted by atomic mass is 35.5. The first-order valence-corrected chi connectivity index (χ1v) is 6.42. The summed E-state index contributed by atoms with van der Waals surface area (Å²) >= 11 is 5.94. The topological polar surface area (TPSA) is 0 Å². The molecule has 1 saturated carbocycles. The zero-order chi connectivity index (χ0) is 10.7. The standard InChI is InChI=1S/C14H19Cl/c1-11(15)5-6-12-7-9-14(10-8-12)13-3-2-4-13/h7-11,13H,2-6H2,1H3. The molecule has 1 unspecified atom stereocenters. The monoisotopic (exact) mass is 222 g/mol. The second-order valence-corrected chi connectivity index (χ2v) is 5.43. The van der Waals surface area contributed by atoms with Crippen molar-refractivity contribution in [3.63, 3.8) is 0 Å². The van der Waals surface area contributed by atoms with Crippen LogP contribution in [0.5, 0.6) is 0 Å². The van der Waals surface area contributed by atoms with Gasteiger partial charge in [0.25, 0.3) is 0 Å². The number of hydrogen-bond acceptors (Lipinski definition) is 0. The zero-order valence-electron chi connectivity index (χ0n) is 9.38. The lowest BCUT2D eigenvalue weighted by atomic mass is 9.80. The average molecular weight is 223 g/mol. The van der Waals surface area contributed by atoms with Crippen molar-refractivity contribution < 1.29 is 0 Å². The Kier molecular flexibility index (Phi) is 3.69. The van der Waals surface area contributed by atoms with Crippen LogP contribution >= 0.6 is 11.6 Å². The summed E-state index contributed by atoms with van der Waals surface area (Å²) in [4.78, 5) is 0. The van der Waals surface area contributed by atoms with Gasteiger partial charge in [0.2, 0.25) is 0 Å². The van der Waals surface area contributed by atoms with E-state index in [0.29, 0.717) is 0 Å². The Labute approximate surface area is 97.6 Å². The number of alkyl halides is 1. The van der Waals surface area contributed by atoms with Crippen molar-refractivity contribution >= 4 is 11.6 Å². The Morgan fingerprint density at radius 1 is 1.27 bits per heavy atom. The number of aryl methyl sites for hydroxylation is 1. The van der Waals surface area contributed by atoms with Crippen LogP contribution < -0.4 is 0 Å². The molecular weight excluding hydrogens is 204 g/mol. The molecule has 15 heavy (non-hydrogen) atoms. The predicted octanol–water partition coefficient (Wildman–Crippen LogP) is 4.51. The average Bonchev–Trinajstić information content (AvgIpc) is 2.14. The van der Waals surface area contributed by atoms with Gasteiger partial charge in [-0.3, -0.25) is 0 Å². The molecule has 0 nitrogen and oxygen atoms in total. The Bertz CT molecular complexity index is 296. The van der Waals surface area contributed by atoms with Crippen LogP contribution in [0.4, 0.5) is 0 Å². The van der Waals surface area contributed by atoms with E-state index in [1.54, 1.807) is 0 Å². The zero-order valence-corrected chi connectivity index (χ0v) is 10.1. The molecule has 1 aromatic carbocycles. The molecule has 1 heteroatoms. The first kappa shape index (κ1) is 11.0. The van der Waals surface area contributed by atoms with Crippen LogP contribution in [-0.2, 0) is 6.42 Å². The van der Waals surface area contributed by atoms with Crippen molar-refractivity contribution in [2.24, 2.45) is 0 Å². The molecule has 0 amide bonds. The summed E-state index contributed by atoms with van der Waals surface area (Å²) in [6.07, 6.45) is 6.37. The summed E-state index contributed by atoms with van der Waals surface area (Å²) in [5, 5.41) is 0.288. The molecule has 0 aliphatic heterocycles. The molecule has 0 saturated heterocycles. The van der Waals surface area contributed by atoms with E-state index in [0.717, 1.165) is 18.8 Å². The number of halogens is 1. The van der Waals surface area contributed by atoms with Gasteiger partial charge in [0.1, 0.15) is 0 Å². The second kappa shape index (κ2) is 5.03. The third-order valence-corrected chi connectivity index (χ3v) is 3.61. The number of hydrogen-bond donors (Lipinski definition) is 0. The Balaban J connectivity index is 1.91. The highest BCUT2D eigenvalue weighted by molar-refractivity contribution is 6.20. The SMILES string of the molecule is CC(Cl)CCc1ccc(C2CCC2)cc1. The predicted molar refractivity (Wildman–Crippen MR) is 66.7 cm³/mol. The minimum atomic E-state index is 0.288. The van der Waals surface area contributed by atoms with E-state index in [4.69, 9.17) is 11.6 Å². The van der Waals surface area contributed by atoms with Crippen molar-refractivity contribution in [2.45, 2.75) is 50.3 Å². The van der Waals surface area contributed by atoms with Gasteiger partial charge in [-0.25, -0.2) is 0 Å². The molecule has 0 bridgehead atoms. The Morgan fingerprint density at radius 2 is 1.93 bits per heavy atom. The molecule has 2 rings (SSSR count). The molecule has 1 fully saturated rings. The highest BCUT2D eigenvalue weighted by Gasteiger charge is 2.18.